The molecule has 132 valence electrons. The van der Waals surface area contributed by atoms with Crippen molar-refractivity contribution < 1.29 is 22.8 Å². The van der Waals surface area contributed by atoms with Gasteiger partial charge in [0.05, 0.1) is 11.6 Å². The number of hydrogen-bond donors (Lipinski definition) is 1. The third-order valence-electron chi connectivity index (χ3n) is 3.40. The average molecular weight is 358 g/mol. The zero-order chi connectivity index (χ0) is 19.2. The molecule has 1 amide bonds. The molecule has 4 nitrogen and oxygen atoms in total. The summed E-state index contributed by atoms with van der Waals surface area (Å²) < 4.78 is 37.5. The third-order valence-corrected chi connectivity index (χ3v) is 3.40. The van der Waals surface area contributed by atoms with Gasteiger partial charge in [-0.1, -0.05) is 36.4 Å². The molecule has 0 aromatic heterocycles. The summed E-state index contributed by atoms with van der Waals surface area (Å²) in [6.07, 6.45) is -1.90. The molecule has 0 saturated heterocycles. The van der Waals surface area contributed by atoms with Crippen molar-refractivity contribution >= 4 is 23.5 Å². The highest BCUT2D eigenvalue weighted by Crippen LogP contribution is 2.29. The highest BCUT2D eigenvalue weighted by molar-refractivity contribution is 6.14. The van der Waals surface area contributed by atoms with Gasteiger partial charge in [0.2, 0.25) is 5.91 Å². The number of hydrogen-bond acceptors (Lipinski definition) is 3. The molecule has 0 heterocycles. The maximum Gasteiger partial charge on any atom is 0.416 e. The van der Waals surface area contributed by atoms with E-state index < -0.39 is 29.3 Å². The lowest BCUT2D eigenvalue weighted by atomic mass is 10.0. The van der Waals surface area contributed by atoms with Crippen LogP contribution in [0, 0.1) is 17.2 Å². The number of carbonyl (C=O) groups excluding carboxylic acids is 2. The summed E-state index contributed by atoms with van der Waals surface area (Å²) in [5.41, 5.74) is -0.0852. The number of carbonyl (C=O) groups is 2. The summed E-state index contributed by atoms with van der Waals surface area (Å²) in [4.78, 5) is 24.1. The van der Waals surface area contributed by atoms with Crippen molar-refractivity contribution in [1.82, 2.24) is 0 Å². The van der Waals surface area contributed by atoms with Crippen molar-refractivity contribution in [3.8, 4) is 6.07 Å². The highest BCUT2D eigenvalue weighted by Gasteiger charge is 2.30. The highest BCUT2D eigenvalue weighted by atomic mass is 19.4. The van der Waals surface area contributed by atoms with Crippen molar-refractivity contribution in [1.29, 1.82) is 5.26 Å². The molecule has 7 heteroatoms. The normalized spacial score (nSPS) is 12.4. The van der Waals surface area contributed by atoms with Crippen LogP contribution in [0.3, 0.4) is 0 Å². The topological polar surface area (TPSA) is 70.0 Å². The Bertz CT molecular complexity index is 851. The second-order valence-electron chi connectivity index (χ2n) is 5.27. The van der Waals surface area contributed by atoms with Crippen LogP contribution in [-0.4, -0.2) is 11.7 Å². The number of allylic oxidation sites excluding steroid dienone is 1. The molecule has 1 atom stereocenters. The van der Waals surface area contributed by atoms with Gasteiger partial charge in [-0.2, -0.15) is 18.4 Å². The lowest BCUT2D eigenvalue weighted by molar-refractivity contribution is -0.137. The van der Waals surface area contributed by atoms with E-state index in [0.29, 0.717) is 0 Å². The van der Waals surface area contributed by atoms with E-state index in [2.05, 4.69) is 5.32 Å². The molecule has 2 aromatic carbocycles. The van der Waals surface area contributed by atoms with Crippen LogP contribution in [0.15, 0.2) is 60.7 Å². The number of benzene rings is 2. The van der Waals surface area contributed by atoms with Crippen LogP contribution in [0.1, 0.15) is 11.1 Å². The summed E-state index contributed by atoms with van der Waals surface area (Å²) in [7, 11) is 0. The van der Waals surface area contributed by atoms with E-state index in [-0.39, 0.29) is 5.69 Å². The largest absolute Gasteiger partial charge is 0.416 e. The van der Waals surface area contributed by atoms with Crippen molar-refractivity contribution in [2.75, 3.05) is 5.32 Å². The smallest absolute Gasteiger partial charge is 0.325 e. The first-order valence-corrected chi connectivity index (χ1v) is 7.46. The molecule has 0 fully saturated rings. The maximum atomic E-state index is 12.5. The fourth-order valence-electron chi connectivity index (χ4n) is 2.05. The molecule has 1 unspecified atom stereocenters. The van der Waals surface area contributed by atoms with Gasteiger partial charge in [0.1, 0.15) is 0 Å². The number of nitriles is 1. The predicted molar refractivity (Wildman–Crippen MR) is 89.7 cm³/mol. The minimum Gasteiger partial charge on any atom is -0.325 e. The van der Waals surface area contributed by atoms with Gasteiger partial charge in [-0.3, -0.25) is 9.59 Å². The van der Waals surface area contributed by atoms with Crippen LogP contribution in [0.5, 0.6) is 0 Å². The first kappa shape index (κ1) is 18.9. The van der Waals surface area contributed by atoms with Crippen LogP contribution < -0.4 is 5.32 Å². The molecule has 0 bridgehead atoms. The second kappa shape index (κ2) is 8.12. The molecule has 0 saturated carbocycles. The summed E-state index contributed by atoms with van der Waals surface area (Å²) in [6, 6.07) is 14.1. The van der Waals surface area contributed by atoms with Crippen molar-refractivity contribution in [2.24, 2.45) is 5.92 Å². The van der Waals surface area contributed by atoms with Gasteiger partial charge >= 0.3 is 6.18 Å². The molecule has 0 aliphatic heterocycles. The Morgan fingerprint density at radius 3 is 2.19 bits per heavy atom. The zero-order valence-corrected chi connectivity index (χ0v) is 13.3. The Morgan fingerprint density at radius 1 is 1.04 bits per heavy atom. The van der Waals surface area contributed by atoms with Gasteiger partial charge in [-0.15, -0.1) is 0 Å². The fraction of sp³-hybridized carbons (Fsp3) is 0.105. The Kier molecular flexibility index (Phi) is 5.91. The molecule has 0 spiro atoms. The molecule has 0 radical (unpaired) electrons. The molecular weight excluding hydrogens is 345 g/mol. The molecule has 2 aromatic rings. The van der Waals surface area contributed by atoms with Crippen molar-refractivity contribution in [3.05, 3.63) is 71.8 Å². The Hall–Kier alpha value is -3.40. The quantitative estimate of drug-likeness (QED) is 0.647. The number of rotatable bonds is 5. The Labute approximate surface area is 147 Å². The first-order valence-electron chi connectivity index (χ1n) is 7.46. The van der Waals surface area contributed by atoms with Gasteiger partial charge in [0.25, 0.3) is 0 Å². The molecular formula is C19H13F3N2O2. The van der Waals surface area contributed by atoms with Crippen LogP contribution in [0.4, 0.5) is 18.9 Å². The van der Waals surface area contributed by atoms with Crippen LogP contribution in [-0.2, 0) is 15.8 Å². The first-order chi connectivity index (χ1) is 12.3. The number of alkyl halides is 3. The van der Waals surface area contributed by atoms with E-state index in [0.717, 1.165) is 35.9 Å². The van der Waals surface area contributed by atoms with Crippen LogP contribution in [0.2, 0.25) is 0 Å². The lowest BCUT2D eigenvalue weighted by Gasteiger charge is -2.10. The number of halogens is 3. The van der Waals surface area contributed by atoms with Crippen molar-refractivity contribution in [3.63, 3.8) is 0 Å². The van der Waals surface area contributed by atoms with Gasteiger partial charge in [0.15, 0.2) is 11.7 Å². The standard InChI is InChI=1S/C19H13F3N2O2/c20-19(21,22)14-7-9-15(10-8-14)24-18(26)16(12-23)17(25)11-6-13-4-2-1-3-5-13/h1-11,16H,(H,24,26). The zero-order valence-electron chi connectivity index (χ0n) is 13.3. The van der Waals surface area contributed by atoms with Gasteiger partial charge < -0.3 is 5.32 Å². The summed E-state index contributed by atoms with van der Waals surface area (Å²) in [5.74, 6) is -3.23. The summed E-state index contributed by atoms with van der Waals surface area (Å²) in [6.45, 7) is 0. The number of nitrogens with zero attached hydrogens (tertiary/aromatic N) is 1. The van der Waals surface area contributed by atoms with Crippen molar-refractivity contribution in [2.45, 2.75) is 6.18 Å². The average Bonchev–Trinajstić information content (AvgIpc) is 2.61. The van der Waals surface area contributed by atoms with E-state index >= 15 is 0 Å². The van der Waals surface area contributed by atoms with Gasteiger partial charge in [0, 0.05) is 5.69 Å². The third kappa shape index (κ3) is 5.05. The summed E-state index contributed by atoms with van der Waals surface area (Å²) in [5, 5.41) is 11.3. The second-order valence-corrected chi connectivity index (χ2v) is 5.27. The molecule has 0 aliphatic rings. The SMILES string of the molecule is N#CC(C(=O)C=Cc1ccccc1)C(=O)Nc1ccc(C(F)(F)F)cc1. The lowest BCUT2D eigenvalue weighted by Crippen LogP contribution is -2.27. The monoisotopic (exact) mass is 358 g/mol. The van der Waals surface area contributed by atoms with E-state index in [1.165, 1.54) is 6.08 Å². The number of ketones is 1. The Morgan fingerprint density at radius 2 is 1.65 bits per heavy atom. The number of nitrogens with one attached hydrogen (secondary N) is 1. The molecule has 0 aliphatic carbocycles. The molecule has 26 heavy (non-hydrogen) atoms. The number of anilines is 1. The van der Waals surface area contributed by atoms with E-state index in [1.54, 1.807) is 36.4 Å². The van der Waals surface area contributed by atoms with E-state index in [9.17, 15) is 22.8 Å². The van der Waals surface area contributed by atoms with Gasteiger partial charge in [-0.25, -0.2) is 0 Å². The maximum absolute atomic E-state index is 12.5. The molecule has 2 rings (SSSR count). The molecule has 1 N–H and O–H groups in total. The van der Waals surface area contributed by atoms with E-state index in [4.69, 9.17) is 5.26 Å². The minimum absolute atomic E-state index is 0.0584. The van der Waals surface area contributed by atoms with Gasteiger partial charge in [-0.05, 0) is 35.9 Å². The predicted octanol–water partition coefficient (Wildman–Crippen LogP) is 4.07. The summed E-state index contributed by atoms with van der Waals surface area (Å²) >= 11 is 0. The minimum atomic E-state index is -4.49. The van der Waals surface area contributed by atoms with E-state index in [1.807, 2.05) is 0 Å². The Balaban J connectivity index is 2.05. The van der Waals surface area contributed by atoms with Crippen LogP contribution >= 0.6 is 0 Å². The van der Waals surface area contributed by atoms with Crippen LogP contribution in [0.25, 0.3) is 6.08 Å². The number of amides is 1. The fourth-order valence-corrected chi connectivity index (χ4v) is 2.05.